The normalized spacial score (nSPS) is 10.5. The minimum atomic E-state index is -0.406. The molecule has 0 amide bonds. The first-order chi connectivity index (χ1) is 13.6. The maximum absolute atomic E-state index is 12.2. The Morgan fingerprint density at radius 3 is 2.39 bits per heavy atom. The van der Waals surface area contributed by atoms with Crippen LogP contribution in [-0.4, -0.2) is 42.3 Å². The van der Waals surface area contributed by atoms with Gasteiger partial charge in [0.05, 0.1) is 18.4 Å². The zero-order chi connectivity index (χ0) is 19.9. The minimum absolute atomic E-state index is 0.154. The topological polar surface area (TPSA) is 62.6 Å². The van der Waals surface area contributed by atoms with Crippen molar-refractivity contribution in [3.8, 4) is 17.2 Å². The number of carbonyl (C=O) groups is 1. The zero-order valence-electron chi connectivity index (χ0n) is 15.3. The van der Waals surface area contributed by atoms with Crippen LogP contribution in [0.5, 0.6) is 11.5 Å². The number of benzene rings is 2. The molecule has 6 nitrogen and oxygen atoms in total. The molecule has 0 radical (unpaired) electrons. The van der Waals surface area contributed by atoms with E-state index in [-0.39, 0.29) is 13.2 Å². The van der Waals surface area contributed by atoms with Crippen LogP contribution in [0.1, 0.15) is 10.4 Å². The van der Waals surface area contributed by atoms with Gasteiger partial charge in [-0.1, -0.05) is 23.1 Å². The Balaban J connectivity index is 1.51. The molecule has 0 N–H and O–H groups in total. The van der Waals surface area contributed by atoms with Gasteiger partial charge in [0.25, 0.3) is 0 Å². The number of esters is 1. The smallest absolute Gasteiger partial charge is 0.338 e. The number of ether oxygens (including phenoxy) is 3. The summed E-state index contributed by atoms with van der Waals surface area (Å²) in [4.78, 5) is 12.2. The Labute approximate surface area is 176 Å². The van der Waals surface area contributed by atoms with Crippen LogP contribution in [0, 0.1) is 3.95 Å². The van der Waals surface area contributed by atoms with Crippen LogP contribution >= 0.6 is 35.3 Å². The molecule has 0 atom stereocenters. The van der Waals surface area contributed by atoms with Crippen molar-refractivity contribution in [3.63, 3.8) is 0 Å². The summed E-state index contributed by atoms with van der Waals surface area (Å²) in [7, 11) is 1.61. The molecule has 3 aromatic rings. The highest BCUT2D eigenvalue weighted by atomic mass is 32.2. The van der Waals surface area contributed by atoms with Crippen molar-refractivity contribution in [1.29, 1.82) is 0 Å². The lowest BCUT2D eigenvalue weighted by Gasteiger charge is -2.08. The zero-order valence-corrected chi connectivity index (χ0v) is 17.7. The third-order valence-corrected chi connectivity index (χ3v) is 5.90. The van der Waals surface area contributed by atoms with Gasteiger partial charge in [-0.2, -0.15) is 0 Å². The second-order valence-corrected chi connectivity index (χ2v) is 8.13. The third-order valence-electron chi connectivity index (χ3n) is 3.70. The van der Waals surface area contributed by atoms with E-state index in [1.165, 1.54) is 11.3 Å². The lowest BCUT2D eigenvalue weighted by atomic mass is 10.2. The fourth-order valence-corrected chi connectivity index (χ4v) is 4.07. The van der Waals surface area contributed by atoms with E-state index in [1.54, 1.807) is 72.1 Å². The van der Waals surface area contributed by atoms with Gasteiger partial charge in [-0.15, -0.1) is 5.10 Å². The number of rotatable bonds is 8. The van der Waals surface area contributed by atoms with Crippen LogP contribution in [0.25, 0.3) is 5.69 Å². The minimum Gasteiger partial charge on any atom is -0.497 e. The molecular weight excluding hydrogens is 416 g/mol. The van der Waals surface area contributed by atoms with Gasteiger partial charge >= 0.3 is 5.97 Å². The lowest BCUT2D eigenvalue weighted by Crippen LogP contribution is -2.12. The van der Waals surface area contributed by atoms with E-state index in [0.717, 1.165) is 15.8 Å². The van der Waals surface area contributed by atoms with Crippen molar-refractivity contribution in [2.75, 3.05) is 26.6 Å². The average molecular weight is 435 g/mol. The third kappa shape index (κ3) is 5.12. The van der Waals surface area contributed by atoms with Gasteiger partial charge in [0.15, 0.2) is 8.29 Å². The van der Waals surface area contributed by atoms with Crippen molar-refractivity contribution < 1.29 is 19.0 Å². The van der Waals surface area contributed by atoms with Crippen LogP contribution < -0.4 is 9.47 Å². The van der Waals surface area contributed by atoms with Crippen LogP contribution in [0.4, 0.5) is 0 Å². The highest BCUT2D eigenvalue weighted by molar-refractivity contribution is 8.00. The molecule has 9 heteroatoms. The number of hydrogen-bond acceptors (Lipinski definition) is 8. The standard InChI is InChI=1S/C19H18N2O4S3/c1-23-15-7-9-16(10-8-15)24-11-12-25-17(22)13-3-5-14(6-4-13)21-19(26)28-18(20-21)27-2/h3-10H,11-12H2,1-2H3. The van der Waals surface area contributed by atoms with Gasteiger partial charge in [-0.3, -0.25) is 0 Å². The summed E-state index contributed by atoms with van der Waals surface area (Å²) in [6, 6.07) is 14.2. The van der Waals surface area contributed by atoms with E-state index in [1.807, 2.05) is 6.26 Å². The number of methoxy groups -OCH3 is 1. The van der Waals surface area contributed by atoms with Gasteiger partial charge in [0.1, 0.15) is 24.7 Å². The molecule has 0 bridgehead atoms. The summed E-state index contributed by atoms with van der Waals surface area (Å²) in [6.45, 7) is 0.419. The molecule has 0 aliphatic heterocycles. The summed E-state index contributed by atoms with van der Waals surface area (Å²) >= 11 is 8.32. The number of hydrogen-bond donors (Lipinski definition) is 0. The number of carbonyl (C=O) groups excluding carboxylic acids is 1. The summed E-state index contributed by atoms with van der Waals surface area (Å²) in [6.07, 6.45) is 1.95. The van der Waals surface area contributed by atoms with Crippen molar-refractivity contribution in [1.82, 2.24) is 9.78 Å². The number of nitrogens with zero attached hydrogens (tertiary/aromatic N) is 2. The Bertz CT molecular complexity index is 982. The molecule has 0 fully saturated rings. The highest BCUT2D eigenvalue weighted by Gasteiger charge is 2.09. The molecule has 1 heterocycles. The largest absolute Gasteiger partial charge is 0.497 e. The van der Waals surface area contributed by atoms with Gasteiger partial charge in [-0.25, -0.2) is 9.48 Å². The molecule has 146 valence electrons. The monoisotopic (exact) mass is 434 g/mol. The first kappa shape index (κ1) is 20.4. The Morgan fingerprint density at radius 2 is 1.79 bits per heavy atom. The second kappa shape index (κ2) is 9.72. The molecule has 0 spiro atoms. The highest BCUT2D eigenvalue weighted by Crippen LogP contribution is 2.22. The van der Waals surface area contributed by atoms with Crippen molar-refractivity contribution in [2.45, 2.75) is 4.34 Å². The van der Waals surface area contributed by atoms with Crippen LogP contribution in [0.15, 0.2) is 52.9 Å². The maximum Gasteiger partial charge on any atom is 0.338 e. The van der Waals surface area contributed by atoms with E-state index < -0.39 is 5.97 Å². The fourth-order valence-electron chi connectivity index (χ4n) is 2.29. The molecule has 0 saturated heterocycles. The van der Waals surface area contributed by atoms with Gasteiger partial charge in [-0.05, 0) is 67.0 Å². The van der Waals surface area contributed by atoms with E-state index in [4.69, 9.17) is 26.4 Å². The number of thioether (sulfide) groups is 1. The summed E-state index contributed by atoms with van der Waals surface area (Å²) in [5.41, 5.74) is 1.26. The first-order valence-electron chi connectivity index (χ1n) is 8.29. The van der Waals surface area contributed by atoms with Crippen LogP contribution in [0.3, 0.4) is 0 Å². The molecule has 1 aromatic heterocycles. The molecule has 28 heavy (non-hydrogen) atoms. The number of aromatic nitrogens is 2. The predicted molar refractivity (Wildman–Crippen MR) is 113 cm³/mol. The first-order valence-corrected chi connectivity index (χ1v) is 10.7. The summed E-state index contributed by atoms with van der Waals surface area (Å²) < 4.78 is 19.1. The molecule has 0 saturated carbocycles. The SMILES string of the molecule is COc1ccc(OCCOC(=O)c2ccc(-n3nc(SC)sc3=S)cc2)cc1. The van der Waals surface area contributed by atoms with Gasteiger partial charge in [0.2, 0.25) is 0 Å². The van der Waals surface area contributed by atoms with E-state index in [2.05, 4.69) is 5.10 Å². The average Bonchev–Trinajstić information content (AvgIpc) is 3.12. The fraction of sp³-hybridized carbons (Fsp3) is 0.211. The van der Waals surface area contributed by atoms with E-state index in [0.29, 0.717) is 15.3 Å². The predicted octanol–water partition coefficient (Wildman–Crippen LogP) is 4.63. The van der Waals surface area contributed by atoms with Crippen molar-refractivity contribution >= 4 is 41.3 Å². The molecular formula is C19H18N2O4S3. The maximum atomic E-state index is 12.2. The van der Waals surface area contributed by atoms with Gasteiger partial charge in [0, 0.05) is 0 Å². The van der Waals surface area contributed by atoms with Crippen molar-refractivity contribution in [3.05, 3.63) is 58.0 Å². The molecule has 0 unspecified atom stereocenters. The van der Waals surface area contributed by atoms with E-state index >= 15 is 0 Å². The Kier molecular flexibility index (Phi) is 7.07. The Morgan fingerprint density at radius 1 is 1.11 bits per heavy atom. The molecule has 3 rings (SSSR count). The quantitative estimate of drug-likeness (QED) is 0.222. The molecule has 0 aliphatic carbocycles. The van der Waals surface area contributed by atoms with Crippen LogP contribution in [0.2, 0.25) is 0 Å². The van der Waals surface area contributed by atoms with Crippen LogP contribution in [-0.2, 0) is 4.74 Å². The summed E-state index contributed by atoms with van der Waals surface area (Å²) in [5.74, 6) is 1.04. The Hall–Kier alpha value is -2.36. The van der Waals surface area contributed by atoms with Gasteiger partial charge < -0.3 is 14.2 Å². The molecule has 2 aromatic carbocycles. The lowest BCUT2D eigenvalue weighted by molar-refractivity contribution is 0.0450. The second-order valence-electron chi connectivity index (χ2n) is 5.46. The summed E-state index contributed by atoms with van der Waals surface area (Å²) in [5, 5.41) is 4.43. The van der Waals surface area contributed by atoms with E-state index in [9.17, 15) is 4.79 Å². The van der Waals surface area contributed by atoms with Crippen molar-refractivity contribution in [2.24, 2.45) is 0 Å². The molecule has 0 aliphatic rings.